The molecule has 82 valence electrons. The van der Waals surface area contributed by atoms with Crippen molar-refractivity contribution in [2.75, 3.05) is 6.61 Å². The molecule has 0 bridgehead atoms. The van der Waals surface area contributed by atoms with Crippen molar-refractivity contribution in [1.82, 2.24) is 0 Å². The van der Waals surface area contributed by atoms with Crippen molar-refractivity contribution in [1.29, 1.82) is 0 Å². The van der Waals surface area contributed by atoms with Gasteiger partial charge in [0.25, 0.3) is 0 Å². The Bertz CT molecular complexity index is 310. The summed E-state index contributed by atoms with van der Waals surface area (Å²) in [7, 11) is 0. The second kappa shape index (κ2) is 3.42. The maximum atomic E-state index is 11.4. The monoisotopic (exact) mass is 208 g/mol. The molecule has 0 aromatic carbocycles. The molecule has 1 N–H and O–H groups in total. The van der Waals surface area contributed by atoms with Gasteiger partial charge in [0.15, 0.2) is 0 Å². The first-order chi connectivity index (χ1) is 7.24. The molecule has 2 fully saturated rings. The number of ether oxygens (including phenoxy) is 1. The van der Waals surface area contributed by atoms with Crippen LogP contribution in [0.1, 0.15) is 19.3 Å². The summed E-state index contributed by atoms with van der Waals surface area (Å²) in [5.74, 6) is 1.60. The van der Waals surface area contributed by atoms with E-state index in [1.165, 1.54) is 0 Å². The fraction of sp³-hybridized carbons (Fsp3) is 0.750. The number of carbonyl (C=O) groups is 1. The number of ketones is 1. The third kappa shape index (κ3) is 1.54. The molecule has 3 heteroatoms. The van der Waals surface area contributed by atoms with Gasteiger partial charge in [0.2, 0.25) is 0 Å². The molecule has 5 atom stereocenters. The van der Waals surface area contributed by atoms with E-state index in [4.69, 9.17) is 4.74 Å². The van der Waals surface area contributed by atoms with E-state index in [9.17, 15) is 9.90 Å². The van der Waals surface area contributed by atoms with Crippen LogP contribution in [0.4, 0.5) is 0 Å². The first kappa shape index (κ1) is 9.55. The molecule has 1 saturated heterocycles. The van der Waals surface area contributed by atoms with Crippen LogP contribution in [0.5, 0.6) is 0 Å². The molecule has 0 radical (unpaired) electrons. The van der Waals surface area contributed by atoms with Gasteiger partial charge in [0.05, 0.1) is 18.8 Å². The van der Waals surface area contributed by atoms with E-state index in [-0.39, 0.29) is 12.2 Å². The Kier molecular flexibility index (Phi) is 2.18. The van der Waals surface area contributed by atoms with Gasteiger partial charge in [0.1, 0.15) is 5.78 Å². The Morgan fingerprint density at radius 3 is 3.00 bits per heavy atom. The largest absolute Gasteiger partial charge is 0.389 e. The van der Waals surface area contributed by atoms with Crippen LogP contribution in [0.2, 0.25) is 0 Å². The van der Waals surface area contributed by atoms with Gasteiger partial charge in [-0.15, -0.1) is 0 Å². The molecule has 5 unspecified atom stereocenters. The van der Waals surface area contributed by atoms with Crippen LogP contribution in [0, 0.1) is 17.8 Å². The Balaban J connectivity index is 1.84. The highest BCUT2D eigenvalue weighted by molar-refractivity contribution is 5.81. The van der Waals surface area contributed by atoms with Crippen molar-refractivity contribution in [2.24, 2.45) is 17.8 Å². The normalized spacial score (nSPS) is 48.9. The summed E-state index contributed by atoms with van der Waals surface area (Å²) >= 11 is 0. The van der Waals surface area contributed by atoms with Crippen molar-refractivity contribution >= 4 is 5.78 Å². The fourth-order valence-electron chi connectivity index (χ4n) is 3.34. The van der Waals surface area contributed by atoms with Gasteiger partial charge in [-0.2, -0.15) is 0 Å². The van der Waals surface area contributed by atoms with Crippen molar-refractivity contribution in [2.45, 2.75) is 31.5 Å². The molecular weight excluding hydrogens is 192 g/mol. The minimum atomic E-state index is -0.343. The van der Waals surface area contributed by atoms with E-state index < -0.39 is 0 Å². The number of hydrogen-bond acceptors (Lipinski definition) is 3. The van der Waals surface area contributed by atoms with Gasteiger partial charge in [-0.25, -0.2) is 0 Å². The standard InChI is InChI=1S/C12H16O3/c13-8-1-2-12-11(4-8)10-5-9(14)3-7(10)6-15-12/h1-2,7-8,10-13H,3-6H2. The highest BCUT2D eigenvalue weighted by Crippen LogP contribution is 2.44. The first-order valence-corrected chi connectivity index (χ1v) is 5.74. The predicted molar refractivity (Wildman–Crippen MR) is 54.2 cm³/mol. The first-order valence-electron chi connectivity index (χ1n) is 5.74. The van der Waals surface area contributed by atoms with Crippen LogP contribution in [-0.2, 0) is 9.53 Å². The lowest BCUT2D eigenvalue weighted by Crippen LogP contribution is -2.42. The number of Topliss-reactive ketones (excluding diaryl/α,β-unsaturated/α-hetero) is 1. The summed E-state index contributed by atoms with van der Waals surface area (Å²) in [4.78, 5) is 11.4. The summed E-state index contributed by atoms with van der Waals surface area (Å²) in [5, 5.41) is 9.61. The number of carbonyl (C=O) groups excluding carboxylic acids is 1. The lowest BCUT2D eigenvalue weighted by atomic mass is 9.73. The smallest absolute Gasteiger partial charge is 0.133 e. The molecule has 2 aliphatic carbocycles. The lowest BCUT2D eigenvalue weighted by Gasteiger charge is -2.41. The Hall–Kier alpha value is -0.670. The second-order valence-electron chi connectivity index (χ2n) is 5.02. The molecule has 0 amide bonds. The van der Waals surface area contributed by atoms with Gasteiger partial charge in [-0.05, 0) is 24.2 Å². The average molecular weight is 208 g/mol. The van der Waals surface area contributed by atoms with Crippen LogP contribution < -0.4 is 0 Å². The third-order valence-electron chi connectivity index (χ3n) is 4.07. The molecular formula is C12H16O3. The molecule has 1 aliphatic heterocycles. The number of aliphatic hydroxyl groups excluding tert-OH is 1. The molecule has 0 spiro atoms. The quantitative estimate of drug-likeness (QED) is 0.602. The second-order valence-corrected chi connectivity index (χ2v) is 5.02. The number of hydrogen-bond donors (Lipinski definition) is 1. The fourth-order valence-corrected chi connectivity index (χ4v) is 3.34. The summed E-state index contributed by atoms with van der Waals surface area (Å²) in [6.45, 7) is 0.720. The van der Waals surface area contributed by atoms with Crippen LogP contribution in [0.3, 0.4) is 0 Å². The summed E-state index contributed by atoms with van der Waals surface area (Å²) in [5.41, 5.74) is 0. The van der Waals surface area contributed by atoms with Crippen LogP contribution in [-0.4, -0.2) is 29.7 Å². The molecule has 0 aromatic heterocycles. The molecule has 1 heterocycles. The Labute approximate surface area is 89.1 Å². The van der Waals surface area contributed by atoms with Gasteiger partial charge >= 0.3 is 0 Å². The highest BCUT2D eigenvalue weighted by atomic mass is 16.5. The molecule has 0 aromatic rings. The zero-order valence-corrected chi connectivity index (χ0v) is 8.63. The maximum Gasteiger partial charge on any atom is 0.133 e. The van der Waals surface area contributed by atoms with E-state index in [0.29, 0.717) is 36.4 Å². The Morgan fingerprint density at radius 1 is 1.27 bits per heavy atom. The molecule has 3 aliphatic rings. The van der Waals surface area contributed by atoms with Crippen molar-refractivity contribution in [3.63, 3.8) is 0 Å². The van der Waals surface area contributed by atoms with Crippen molar-refractivity contribution in [3.8, 4) is 0 Å². The third-order valence-corrected chi connectivity index (χ3v) is 4.07. The van der Waals surface area contributed by atoms with Gasteiger partial charge in [-0.1, -0.05) is 12.2 Å². The number of aliphatic hydroxyl groups is 1. The molecule has 15 heavy (non-hydrogen) atoms. The van der Waals surface area contributed by atoms with Crippen LogP contribution in [0.25, 0.3) is 0 Å². The lowest BCUT2D eigenvalue weighted by molar-refractivity contribution is -0.117. The Morgan fingerprint density at radius 2 is 2.13 bits per heavy atom. The van der Waals surface area contributed by atoms with Crippen LogP contribution in [0.15, 0.2) is 12.2 Å². The van der Waals surface area contributed by atoms with E-state index in [1.54, 1.807) is 0 Å². The van der Waals surface area contributed by atoms with Crippen molar-refractivity contribution < 1.29 is 14.6 Å². The van der Waals surface area contributed by atoms with Crippen LogP contribution >= 0.6 is 0 Å². The van der Waals surface area contributed by atoms with Crippen molar-refractivity contribution in [3.05, 3.63) is 12.2 Å². The minimum absolute atomic E-state index is 0.139. The summed E-state index contributed by atoms with van der Waals surface area (Å²) in [6.07, 6.45) is 5.74. The van der Waals surface area contributed by atoms with E-state index in [1.807, 2.05) is 12.2 Å². The zero-order chi connectivity index (χ0) is 10.4. The summed E-state index contributed by atoms with van der Waals surface area (Å²) < 4.78 is 5.74. The maximum absolute atomic E-state index is 11.4. The zero-order valence-electron chi connectivity index (χ0n) is 8.63. The average Bonchev–Trinajstić information content (AvgIpc) is 2.58. The minimum Gasteiger partial charge on any atom is -0.389 e. The van der Waals surface area contributed by atoms with E-state index >= 15 is 0 Å². The SMILES string of the molecule is O=C1CC2COC3C=CC(O)CC3C2C1. The predicted octanol–water partition coefficient (Wildman–Crippen LogP) is 0.917. The highest BCUT2D eigenvalue weighted by Gasteiger charge is 2.46. The number of rotatable bonds is 0. The van der Waals surface area contributed by atoms with Gasteiger partial charge in [-0.3, -0.25) is 4.79 Å². The molecule has 3 rings (SSSR count). The van der Waals surface area contributed by atoms with Gasteiger partial charge < -0.3 is 9.84 Å². The topological polar surface area (TPSA) is 46.5 Å². The summed E-state index contributed by atoms with van der Waals surface area (Å²) in [6, 6.07) is 0. The molecule has 1 saturated carbocycles. The number of fused-ring (bicyclic) bond motifs is 3. The van der Waals surface area contributed by atoms with Gasteiger partial charge in [0, 0.05) is 12.8 Å². The van der Waals surface area contributed by atoms with E-state index in [0.717, 1.165) is 13.0 Å². The van der Waals surface area contributed by atoms with E-state index in [2.05, 4.69) is 0 Å². The molecule has 3 nitrogen and oxygen atoms in total.